The fraction of sp³-hybridized carbons (Fsp3) is 0.286. The normalized spacial score (nSPS) is 10.6. The summed E-state index contributed by atoms with van der Waals surface area (Å²) in [7, 11) is 1.85. The minimum atomic E-state index is 0.677. The van der Waals surface area contributed by atoms with Crippen LogP contribution in [0.4, 0.5) is 0 Å². The van der Waals surface area contributed by atoms with E-state index in [1.165, 1.54) is 0 Å². The molecule has 0 atom stereocenters. The van der Waals surface area contributed by atoms with Crippen molar-refractivity contribution in [2.24, 2.45) is 7.05 Å². The third kappa shape index (κ3) is 2.06. The molecular weight excluding hydrogens is 281 g/mol. The van der Waals surface area contributed by atoms with Crippen LogP contribution in [0.3, 0.4) is 0 Å². The summed E-state index contributed by atoms with van der Waals surface area (Å²) in [4.78, 5) is 0. The number of nitrogens with zero attached hydrogens (tertiary/aromatic N) is 5. The van der Waals surface area contributed by atoms with Gasteiger partial charge in [-0.1, -0.05) is 5.21 Å². The van der Waals surface area contributed by atoms with Gasteiger partial charge in [-0.2, -0.15) is 5.10 Å². The van der Waals surface area contributed by atoms with Crippen LogP contribution in [0.15, 0.2) is 18.6 Å². The Bertz CT molecular complexity index is 366. The Balaban J connectivity index is 2.14. The molecule has 0 saturated heterocycles. The molecule has 0 aliphatic carbocycles. The minimum absolute atomic E-state index is 0.677. The Morgan fingerprint density at radius 3 is 2.85 bits per heavy atom. The third-order valence-electron chi connectivity index (χ3n) is 1.58. The van der Waals surface area contributed by atoms with Crippen LogP contribution in [0.2, 0.25) is 0 Å². The molecule has 2 heterocycles. The van der Waals surface area contributed by atoms with E-state index in [1.54, 1.807) is 4.68 Å². The van der Waals surface area contributed by atoms with Crippen molar-refractivity contribution in [2.75, 3.05) is 0 Å². The Morgan fingerprint density at radius 1 is 1.46 bits per heavy atom. The first kappa shape index (κ1) is 8.67. The third-order valence-corrected chi connectivity index (χ3v) is 2.13. The number of rotatable bonds is 2. The van der Waals surface area contributed by atoms with Crippen LogP contribution in [-0.2, 0) is 13.6 Å². The molecule has 13 heavy (non-hydrogen) atoms. The van der Waals surface area contributed by atoms with Gasteiger partial charge in [-0.25, -0.2) is 0 Å². The summed E-state index contributed by atoms with van der Waals surface area (Å²) in [6.07, 6.45) is 5.67. The predicted molar refractivity (Wildman–Crippen MR) is 55.0 cm³/mol. The summed E-state index contributed by atoms with van der Waals surface area (Å²) >= 11 is 2.22. The van der Waals surface area contributed by atoms with Crippen molar-refractivity contribution in [3.8, 4) is 0 Å². The quantitative estimate of drug-likeness (QED) is 0.763. The van der Waals surface area contributed by atoms with Crippen LogP contribution >= 0.6 is 22.6 Å². The second-order valence-electron chi connectivity index (χ2n) is 2.74. The first-order valence-electron chi connectivity index (χ1n) is 3.77. The van der Waals surface area contributed by atoms with Crippen molar-refractivity contribution in [3.63, 3.8) is 0 Å². The van der Waals surface area contributed by atoms with Gasteiger partial charge in [-0.3, -0.25) is 9.36 Å². The molecule has 0 amide bonds. The predicted octanol–water partition coefficient (Wildman–Crippen LogP) is 0.664. The first-order valence-corrected chi connectivity index (χ1v) is 4.85. The Hall–Kier alpha value is -0.920. The molecular formula is C7H8IN5. The molecule has 0 saturated carbocycles. The summed E-state index contributed by atoms with van der Waals surface area (Å²) in [5.41, 5.74) is 0.919. The zero-order chi connectivity index (χ0) is 9.26. The highest BCUT2D eigenvalue weighted by molar-refractivity contribution is 14.1. The van der Waals surface area contributed by atoms with Crippen LogP contribution in [0.1, 0.15) is 5.69 Å². The van der Waals surface area contributed by atoms with Gasteiger partial charge in [0.1, 0.15) is 5.69 Å². The van der Waals surface area contributed by atoms with E-state index in [1.807, 2.05) is 30.3 Å². The SMILES string of the molecule is Cn1cc(Cn2cc(I)cn2)nn1. The van der Waals surface area contributed by atoms with Crippen LogP contribution in [0.5, 0.6) is 0 Å². The fourth-order valence-electron chi connectivity index (χ4n) is 1.06. The summed E-state index contributed by atoms with van der Waals surface area (Å²) < 4.78 is 4.65. The molecule has 5 nitrogen and oxygen atoms in total. The molecule has 0 aliphatic rings. The minimum Gasteiger partial charge on any atom is -0.266 e. The molecule has 0 N–H and O–H groups in total. The van der Waals surface area contributed by atoms with E-state index in [0.29, 0.717) is 6.54 Å². The highest BCUT2D eigenvalue weighted by Crippen LogP contribution is 2.03. The van der Waals surface area contributed by atoms with Gasteiger partial charge in [0.25, 0.3) is 0 Å². The number of aromatic nitrogens is 5. The Labute approximate surface area is 88.9 Å². The molecule has 6 heteroatoms. The van der Waals surface area contributed by atoms with Crippen molar-refractivity contribution in [3.05, 3.63) is 27.9 Å². The highest BCUT2D eigenvalue weighted by atomic mass is 127. The smallest absolute Gasteiger partial charge is 0.104 e. The number of halogens is 1. The summed E-state index contributed by atoms with van der Waals surface area (Å²) in [6, 6.07) is 0. The largest absolute Gasteiger partial charge is 0.266 e. The Morgan fingerprint density at radius 2 is 2.31 bits per heavy atom. The average molecular weight is 289 g/mol. The lowest BCUT2D eigenvalue weighted by Gasteiger charge is -1.94. The van der Waals surface area contributed by atoms with Crippen LogP contribution < -0.4 is 0 Å². The van der Waals surface area contributed by atoms with E-state index < -0.39 is 0 Å². The summed E-state index contributed by atoms with van der Waals surface area (Å²) in [5.74, 6) is 0. The van der Waals surface area contributed by atoms with E-state index in [-0.39, 0.29) is 0 Å². The lowest BCUT2D eigenvalue weighted by atomic mass is 10.5. The van der Waals surface area contributed by atoms with Crippen molar-refractivity contribution in [2.45, 2.75) is 6.54 Å². The van der Waals surface area contributed by atoms with Gasteiger partial charge in [-0.15, -0.1) is 5.10 Å². The molecule has 0 aliphatic heterocycles. The van der Waals surface area contributed by atoms with E-state index >= 15 is 0 Å². The zero-order valence-corrected chi connectivity index (χ0v) is 9.21. The van der Waals surface area contributed by atoms with E-state index in [9.17, 15) is 0 Å². The van der Waals surface area contributed by atoms with Crippen molar-refractivity contribution in [1.82, 2.24) is 24.8 Å². The molecule has 0 radical (unpaired) electrons. The lowest BCUT2D eigenvalue weighted by molar-refractivity contribution is 0.667. The second kappa shape index (κ2) is 3.44. The highest BCUT2D eigenvalue weighted by Gasteiger charge is 2.00. The topological polar surface area (TPSA) is 48.5 Å². The standard InChI is InChI=1S/C7H8IN5/c1-12-4-7(10-11-12)5-13-3-6(8)2-9-13/h2-4H,5H2,1H3. The van der Waals surface area contributed by atoms with Crippen molar-refractivity contribution >= 4 is 22.6 Å². The Kier molecular flexibility index (Phi) is 2.30. The van der Waals surface area contributed by atoms with Crippen molar-refractivity contribution in [1.29, 1.82) is 0 Å². The van der Waals surface area contributed by atoms with Crippen LogP contribution in [-0.4, -0.2) is 24.8 Å². The first-order chi connectivity index (χ1) is 6.24. The molecule has 0 aromatic carbocycles. The zero-order valence-electron chi connectivity index (χ0n) is 7.05. The summed E-state index contributed by atoms with van der Waals surface area (Å²) in [5, 5.41) is 12.0. The van der Waals surface area contributed by atoms with Gasteiger partial charge < -0.3 is 0 Å². The second-order valence-corrected chi connectivity index (χ2v) is 3.99. The van der Waals surface area contributed by atoms with Gasteiger partial charge in [-0.05, 0) is 22.6 Å². The number of aryl methyl sites for hydroxylation is 1. The van der Waals surface area contributed by atoms with E-state index in [0.717, 1.165) is 9.26 Å². The molecule has 2 aromatic rings. The maximum atomic E-state index is 4.15. The maximum absolute atomic E-state index is 4.15. The van der Waals surface area contributed by atoms with Gasteiger partial charge in [0.2, 0.25) is 0 Å². The lowest BCUT2D eigenvalue weighted by Crippen LogP contribution is -1.99. The average Bonchev–Trinajstić information content (AvgIpc) is 2.62. The monoisotopic (exact) mass is 289 g/mol. The van der Waals surface area contributed by atoms with Crippen LogP contribution in [0.25, 0.3) is 0 Å². The number of hydrogen-bond acceptors (Lipinski definition) is 3. The van der Waals surface area contributed by atoms with Crippen molar-refractivity contribution < 1.29 is 0 Å². The van der Waals surface area contributed by atoms with Gasteiger partial charge >= 0.3 is 0 Å². The molecule has 2 rings (SSSR count). The number of hydrogen-bond donors (Lipinski definition) is 0. The van der Waals surface area contributed by atoms with Gasteiger partial charge in [0, 0.05) is 19.4 Å². The molecule has 0 unspecified atom stereocenters. The fourth-order valence-corrected chi connectivity index (χ4v) is 1.50. The summed E-state index contributed by atoms with van der Waals surface area (Å²) in [6.45, 7) is 0.677. The van der Waals surface area contributed by atoms with Gasteiger partial charge in [0.05, 0.1) is 16.3 Å². The molecule has 2 aromatic heterocycles. The molecule has 68 valence electrons. The molecule has 0 fully saturated rings. The van der Waals surface area contributed by atoms with Gasteiger partial charge in [0.15, 0.2) is 0 Å². The van der Waals surface area contributed by atoms with E-state index in [4.69, 9.17) is 0 Å². The maximum Gasteiger partial charge on any atom is 0.104 e. The molecule has 0 spiro atoms. The van der Waals surface area contributed by atoms with Crippen LogP contribution in [0, 0.1) is 3.57 Å². The van der Waals surface area contributed by atoms with E-state index in [2.05, 4.69) is 38.0 Å². The molecule has 0 bridgehead atoms.